The average molecular weight is 322 g/mol. The number of fused-ring (bicyclic) bond motifs is 1. The van der Waals surface area contributed by atoms with Gasteiger partial charge in [0, 0.05) is 12.3 Å². The first kappa shape index (κ1) is 15.9. The molecule has 0 atom stereocenters. The van der Waals surface area contributed by atoms with Crippen molar-refractivity contribution < 1.29 is 14.2 Å². The van der Waals surface area contributed by atoms with Gasteiger partial charge in [0.15, 0.2) is 11.5 Å². The summed E-state index contributed by atoms with van der Waals surface area (Å²) in [5.41, 5.74) is 2.51. The number of hydrogen-bond donors (Lipinski definition) is 1. The monoisotopic (exact) mass is 321 g/mol. The molecule has 0 bridgehead atoms. The van der Waals surface area contributed by atoms with E-state index in [1.165, 1.54) is 0 Å². The molecule has 22 heavy (non-hydrogen) atoms. The lowest BCUT2D eigenvalue weighted by Crippen LogP contribution is -1.95. The molecule has 0 aliphatic heterocycles. The number of aromatic amines is 1. The number of H-pyrrole nitrogens is 1. The lowest BCUT2D eigenvalue weighted by atomic mass is 10.1. The molecule has 0 spiro atoms. The molecule has 1 N–H and O–H groups in total. The molecule has 3 rings (SSSR count). The van der Waals surface area contributed by atoms with Crippen LogP contribution in [0, 0.1) is 0 Å². The highest BCUT2D eigenvalue weighted by Crippen LogP contribution is 2.39. The number of ether oxygens (including phenoxy) is 3. The maximum Gasteiger partial charge on any atom is 0.164 e. The van der Waals surface area contributed by atoms with E-state index in [1.807, 2.05) is 12.1 Å². The molecule has 2 heterocycles. The number of halogens is 1. The predicted octanol–water partition coefficient (Wildman–Crippen LogP) is 3.07. The van der Waals surface area contributed by atoms with Crippen LogP contribution in [0.3, 0.4) is 0 Å². The zero-order valence-electron chi connectivity index (χ0n) is 12.4. The summed E-state index contributed by atoms with van der Waals surface area (Å²) in [4.78, 5) is 11.8. The lowest BCUT2D eigenvalue weighted by Gasteiger charge is -2.12. The molecule has 0 unspecified atom stereocenters. The summed E-state index contributed by atoms with van der Waals surface area (Å²) >= 11 is 0. The summed E-state index contributed by atoms with van der Waals surface area (Å²) < 4.78 is 16.0. The molecule has 7 heteroatoms. The van der Waals surface area contributed by atoms with Crippen molar-refractivity contribution in [2.24, 2.45) is 0 Å². The van der Waals surface area contributed by atoms with E-state index in [0.29, 0.717) is 23.1 Å². The van der Waals surface area contributed by atoms with E-state index in [0.717, 1.165) is 16.6 Å². The average Bonchev–Trinajstić information content (AvgIpc) is 2.97. The van der Waals surface area contributed by atoms with Gasteiger partial charge < -0.3 is 19.2 Å². The van der Waals surface area contributed by atoms with Gasteiger partial charge in [-0.3, -0.25) is 4.98 Å². The third-order valence-electron chi connectivity index (χ3n) is 3.25. The fourth-order valence-corrected chi connectivity index (χ4v) is 2.20. The highest BCUT2D eigenvalue weighted by molar-refractivity contribution is 5.85. The van der Waals surface area contributed by atoms with Crippen molar-refractivity contribution in [3.8, 4) is 28.6 Å². The summed E-state index contributed by atoms with van der Waals surface area (Å²) in [6, 6.07) is 5.49. The largest absolute Gasteiger partial charge is 0.496 e. The molecule has 0 fully saturated rings. The van der Waals surface area contributed by atoms with Gasteiger partial charge in [-0.25, -0.2) is 4.98 Å². The zero-order chi connectivity index (χ0) is 14.8. The summed E-state index contributed by atoms with van der Waals surface area (Å²) in [7, 11) is 4.79. The molecule has 116 valence electrons. The molecule has 0 aliphatic rings. The Morgan fingerprint density at radius 1 is 0.955 bits per heavy atom. The molecule has 3 aromatic rings. The van der Waals surface area contributed by atoms with E-state index in [9.17, 15) is 0 Å². The Hall–Kier alpha value is -2.47. The van der Waals surface area contributed by atoms with Crippen LogP contribution in [0.2, 0.25) is 0 Å². The van der Waals surface area contributed by atoms with Crippen molar-refractivity contribution in [2.75, 3.05) is 21.3 Å². The Labute approximate surface area is 133 Å². The van der Waals surface area contributed by atoms with E-state index in [1.54, 1.807) is 39.8 Å². The predicted molar refractivity (Wildman–Crippen MR) is 86.2 cm³/mol. The van der Waals surface area contributed by atoms with Crippen LogP contribution in [0.25, 0.3) is 22.4 Å². The van der Waals surface area contributed by atoms with Gasteiger partial charge in [0.25, 0.3) is 0 Å². The van der Waals surface area contributed by atoms with Crippen molar-refractivity contribution in [1.82, 2.24) is 15.0 Å². The van der Waals surface area contributed by atoms with Gasteiger partial charge in [-0.05, 0) is 12.1 Å². The topological polar surface area (TPSA) is 69.3 Å². The van der Waals surface area contributed by atoms with Crippen molar-refractivity contribution >= 4 is 23.4 Å². The Morgan fingerprint density at radius 3 is 2.27 bits per heavy atom. The normalized spacial score (nSPS) is 10.1. The summed E-state index contributed by atoms with van der Waals surface area (Å²) in [5, 5.41) is 0. The van der Waals surface area contributed by atoms with Crippen molar-refractivity contribution in [1.29, 1.82) is 0 Å². The SMILES string of the molecule is COc1cc(OC)c(-c2nc3cnccc3[nH]2)cc1OC.Cl. The van der Waals surface area contributed by atoms with Gasteiger partial charge in [0.1, 0.15) is 17.1 Å². The van der Waals surface area contributed by atoms with Crippen molar-refractivity contribution in [2.45, 2.75) is 0 Å². The van der Waals surface area contributed by atoms with E-state index in [2.05, 4.69) is 15.0 Å². The minimum Gasteiger partial charge on any atom is -0.496 e. The number of imidazole rings is 1. The Balaban J connectivity index is 0.00000176. The maximum atomic E-state index is 5.43. The van der Waals surface area contributed by atoms with Crippen LogP contribution in [-0.4, -0.2) is 36.3 Å². The standard InChI is InChI=1S/C15H15N3O3.ClH/c1-19-12-7-14(21-3)13(20-2)6-9(12)15-17-10-4-5-16-8-11(10)18-15;/h4-8H,1-3H3,(H,17,18);1H. The Morgan fingerprint density at radius 2 is 1.64 bits per heavy atom. The second-order valence-electron chi connectivity index (χ2n) is 4.39. The molecule has 1 aromatic carbocycles. The van der Waals surface area contributed by atoms with Crippen LogP contribution >= 0.6 is 12.4 Å². The first-order valence-corrected chi connectivity index (χ1v) is 6.37. The van der Waals surface area contributed by atoms with Gasteiger partial charge in [0.05, 0.1) is 38.6 Å². The highest BCUT2D eigenvalue weighted by atomic mass is 35.5. The number of methoxy groups -OCH3 is 3. The van der Waals surface area contributed by atoms with Crippen LogP contribution in [0.5, 0.6) is 17.2 Å². The summed E-state index contributed by atoms with van der Waals surface area (Å²) in [6.07, 6.45) is 3.43. The van der Waals surface area contributed by atoms with E-state index in [4.69, 9.17) is 14.2 Å². The highest BCUT2D eigenvalue weighted by Gasteiger charge is 2.16. The first-order valence-electron chi connectivity index (χ1n) is 6.37. The minimum absolute atomic E-state index is 0. The third-order valence-corrected chi connectivity index (χ3v) is 3.25. The van der Waals surface area contributed by atoms with E-state index >= 15 is 0 Å². The molecular weight excluding hydrogens is 306 g/mol. The van der Waals surface area contributed by atoms with Crippen LogP contribution in [0.4, 0.5) is 0 Å². The fraction of sp³-hybridized carbons (Fsp3) is 0.200. The molecule has 0 saturated heterocycles. The van der Waals surface area contributed by atoms with E-state index < -0.39 is 0 Å². The maximum absolute atomic E-state index is 5.43. The van der Waals surface area contributed by atoms with Crippen LogP contribution in [0.1, 0.15) is 0 Å². The molecular formula is C15H16ClN3O3. The molecule has 6 nitrogen and oxygen atoms in total. The minimum atomic E-state index is 0. The van der Waals surface area contributed by atoms with E-state index in [-0.39, 0.29) is 12.4 Å². The fourth-order valence-electron chi connectivity index (χ4n) is 2.20. The van der Waals surface area contributed by atoms with Gasteiger partial charge >= 0.3 is 0 Å². The Bertz CT molecular complexity index is 756. The third kappa shape index (κ3) is 2.65. The summed E-state index contributed by atoms with van der Waals surface area (Å²) in [5.74, 6) is 2.57. The lowest BCUT2D eigenvalue weighted by molar-refractivity contribution is 0.349. The zero-order valence-corrected chi connectivity index (χ0v) is 13.2. The number of aromatic nitrogens is 3. The number of pyridine rings is 1. The Kier molecular flexibility index (Phi) is 4.72. The van der Waals surface area contributed by atoms with Crippen LogP contribution < -0.4 is 14.2 Å². The molecule has 0 aliphatic carbocycles. The number of nitrogens with zero attached hydrogens (tertiary/aromatic N) is 2. The molecule has 0 amide bonds. The first-order chi connectivity index (χ1) is 10.3. The summed E-state index contributed by atoms with van der Waals surface area (Å²) in [6.45, 7) is 0. The van der Waals surface area contributed by atoms with Gasteiger partial charge in [-0.2, -0.15) is 0 Å². The quantitative estimate of drug-likeness (QED) is 0.799. The number of hydrogen-bond acceptors (Lipinski definition) is 5. The number of benzene rings is 1. The number of rotatable bonds is 4. The number of nitrogens with one attached hydrogen (secondary N) is 1. The second kappa shape index (κ2) is 6.53. The van der Waals surface area contributed by atoms with Gasteiger partial charge in [0.2, 0.25) is 0 Å². The molecule has 2 aromatic heterocycles. The van der Waals surface area contributed by atoms with Gasteiger partial charge in [-0.1, -0.05) is 0 Å². The van der Waals surface area contributed by atoms with Crippen molar-refractivity contribution in [3.05, 3.63) is 30.6 Å². The second-order valence-corrected chi connectivity index (χ2v) is 4.39. The molecule has 0 saturated carbocycles. The van der Waals surface area contributed by atoms with Gasteiger partial charge in [-0.15, -0.1) is 12.4 Å². The van der Waals surface area contributed by atoms with Crippen molar-refractivity contribution in [3.63, 3.8) is 0 Å². The van der Waals surface area contributed by atoms with Crippen LogP contribution in [-0.2, 0) is 0 Å². The smallest absolute Gasteiger partial charge is 0.164 e. The molecule has 0 radical (unpaired) electrons. The van der Waals surface area contributed by atoms with Crippen LogP contribution in [0.15, 0.2) is 30.6 Å².